The van der Waals surface area contributed by atoms with Crippen LogP contribution in [0.2, 0.25) is 5.02 Å². The van der Waals surface area contributed by atoms with Gasteiger partial charge in [-0.05, 0) is 49.2 Å². The number of likely N-dealkylation sites (tertiary alicyclic amines) is 1. The van der Waals surface area contributed by atoms with Gasteiger partial charge in [-0.1, -0.05) is 35.5 Å². The van der Waals surface area contributed by atoms with Crippen LogP contribution >= 0.6 is 23.4 Å². The maximum Gasteiger partial charge on any atom is 0.266 e. The minimum atomic E-state index is -0.458. The fourth-order valence-electron chi connectivity index (χ4n) is 4.61. The van der Waals surface area contributed by atoms with E-state index in [9.17, 15) is 9.59 Å². The molecule has 0 bridgehead atoms. The van der Waals surface area contributed by atoms with Crippen molar-refractivity contribution in [2.24, 2.45) is 0 Å². The number of halogens is 1. The standard InChI is InChI=1S/C26H28ClN3O4S/c27-19-8-10-20(11-9-19)30-24(32)21-5-1-2-6-22(21)28-25(30)35-18-4-3-7-23(31)29-14-12-26(13-15-29)33-16-17-34-26/h1-2,5-6,8-11H,3-4,7,12-18H2. The van der Waals surface area contributed by atoms with E-state index in [1.165, 1.54) is 11.8 Å². The third-order valence-corrected chi connectivity index (χ3v) is 7.81. The topological polar surface area (TPSA) is 73.7 Å². The number of amides is 1. The van der Waals surface area contributed by atoms with Crippen LogP contribution in [0.4, 0.5) is 0 Å². The molecule has 2 aromatic carbocycles. The van der Waals surface area contributed by atoms with Crippen molar-refractivity contribution >= 4 is 40.2 Å². The Labute approximate surface area is 213 Å². The second kappa shape index (κ2) is 10.7. The summed E-state index contributed by atoms with van der Waals surface area (Å²) in [7, 11) is 0. The van der Waals surface area contributed by atoms with Crippen LogP contribution in [0, 0.1) is 0 Å². The molecule has 9 heteroatoms. The number of para-hydroxylation sites is 1. The lowest BCUT2D eigenvalue weighted by atomic mass is 10.0. The van der Waals surface area contributed by atoms with Gasteiger partial charge in [0, 0.05) is 43.1 Å². The van der Waals surface area contributed by atoms with E-state index in [2.05, 4.69) is 0 Å². The van der Waals surface area contributed by atoms with Crippen LogP contribution in [0.1, 0.15) is 32.1 Å². The highest BCUT2D eigenvalue weighted by atomic mass is 35.5. The average Bonchev–Trinajstić information content (AvgIpc) is 3.33. The minimum absolute atomic E-state index is 0.103. The maximum atomic E-state index is 13.3. The molecule has 2 aliphatic rings. The Kier molecular flexibility index (Phi) is 7.43. The first-order valence-electron chi connectivity index (χ1n) is 12.0. The van der Waals surface area contributed by atoms with Crippen molar-refractivity contribution in [3.8, 4) is 5.69 Å². The number of ether oxygens (including phenoxy) is 2. The molecule has 2 aliphatic heterocycles. The predicted molar refractivity (Wildman–Crippen MR) is 137 cm³/mol. The number of thioether (sulfide) groups is 1. The van der Waals surface area contributed by atoms with Gasteiger partial charge in [0.2, 0.25) is 5.91 Å². The number of nitrogens with zero attached hydrogens (tertiary/aromatic N) is 3. The normalized spacial score (nSPS) is 17.3. The van der Waals surface area contributed by atoms with Crippen molar-refractivity contribution in [1.29, 1.82) is 0 Å². The number of fused-ring (bicyclic) bond motifs is 1. The zero-order valence-corrected chi connectivity index (χ0v) is 21.0. The van der Waals surface area contributed by atoms with Gasteiger partial charge in [0.15, 0.2) is 10.9 Å². The lowest BCUT2D eigenvalue weighted by Crippen LogP contribution is -2.47. The van der Waals surface area contributed by atoms with Gasteiger partial charge in [-0.15, -0.1) is 0 Å². The Bertz CT molecular complexity index is 1250. The Morgan fingerprint density at radius 1 is 1.03 bits per heavy atom. The van der Waals surface area contributed by atoms with Crippen molar-refractivity contribution < 1.29 is 14.3 Å². The number of benzene rings is 2. The van der Waals surface area contributed by atoms with Crippen LogP contribution in [-0.2, 0) is 14.3 Å². The van der Waals surface area contributed by atoms with E-state index < -0.39 is 5.79 Å². The Hall–Kier alpha value is -2.39. The summed E-state index contributed by atoms with van der Waals surface area (Å²) in [6, 6.07) is 14.6. The molecule has 5 rings (SSSR count). The number of unbranched alkanes of at least 4 members (excludes halogenated alkanes) is 1. The van der Waals surface area contributed by atoms with Crippen LogP contribution in [0.15, 0.2) is 58.5 Å². The highest BCUT2D eigenvalue weighted by Gasteiger charge is 2.40. The third-order valence-electron chi connectivity index (χ3n) is 6.54. The van der Waals surface area contributed by atoms with Crippen molar-refractivity contribution in [2.75, 3.05) is 32.1 Å². The van der Waals surface area contributed by atoms with Crippen molar-refractivity contribution in [1.82, 2.24) is 14.5 Å². The molecular weight excluding hydrogens is 486 g/mol. The zero-order chi connectivity index (χ0) is 24.3. The summed E-state index contributed by atoms with van der Waals surface area (Å²) >= 11 is 7.59. The lowest BCUT2D eigenvalue weighted by Gasteiger charge is -2.37. The molecular formula is C26H28ClN3O4S. The summed E-state index contributed by atoms with van der Waals surface area (Å²) in [5.41, 5.74) is 1.31. The summed E-state index contributed by atoms with van der Waals surface area (Å²) in [6.07, 6.45) is 3.64. The van der Waals surface area contributed by atoms with E-state index in [0.29, 0.717) is 53.8 Å². The molecule has 2 saturated heterocycles. The highest BCUT2D eigenvalue weighted by Crippen LogP contribution is 2.31. The highest BCUT2D eigenvalue weighted by molar-refractivity contribution is 7.99. The van der Waals surface area contributed by atoms with Crippen LogP contribution in [0.25, 0.3) is 16.6 Å². The van der Waals surface area contributed by atoms with Crippen molar-refractivity contribution in [3.63, 3.8) is 0 Å². The van der Waals surface area contributed by atoms with Gasteiger partial charge in [-0.25, -0.2) is 4.98 Å². The number of hydrogen-bond donors (Lipinski definition) is 0. The van der Waals surface area contributed by atoms with Gasteiger partial charge >= 0.3 is 0 Å². The summed E-state index contributed by atoms with van der Waals surface area (Å²) in [5.74, 6) is 0.487. The molecule has 0 saturated carbocycles. The van der Waals surface area contributed by atoms with Crippen LogP contribution in [0.5, 0.6) is 0 Å². The van der Waals surface area contributed by atoms with Gasteiger partial charge in [0.25, 0.3) is 5.56 Å². The van der Waals surface area contributed by atoms with Crippen LogP contribution in [-0.4, -0.2) is 58.2 Å². The van der Waals surface area contributed by atoms with E-state index in [1.807, 2.05) is 35.2 Å². The second-order valence-electron chi connectivity index (χ2n) is 8.82. The number of hydrogen-bond acceptors (Lipinski definition) is 6. The quantitative estimate of drug-likeness (QED) is 0.260. The maximum absolute atomic E-state index is 13.3. The Balaban J connectivity index is 1.19. The fraction of sp³-hybridized carbons (Fsp3) is 0.423. The molecule has 0 atom stereocenters. The van der Waals surface area contributed by atoms with Gasteiger partial charge < -0.3 is 14.4 Å². The SMILES string of the molecule is O=C(CCCCSc1nc2ccccc2c(=O)n1-c1ccc(Cl)cc1)N1CCC2(CC1)OCCO2. The zero-order valence-electron chi connectivity index (χ0n) is 19.5. The molecule has 1 amide bonds. The molecule has 3 heterocycles. The predicted octanol–water partition coefficient (Wildman–Crippen LogP) is 4.67. The molecule has 0 radical (unpaired) electrons. The average molecular weight is 514 g/mol. The van der Waals surface area contributed by atoms with Crippen molar-refractivity contribution in [3.05, 3.63) is 63.9 Å². The van der Waals surface area contributed by atoms with Crippen LogP contribution in [0.3, 0.4) is 0 Å². The molecule has 35 heavy (non-hydrogen) atoms. The number of rotatable bonds is 7. The number of carbonyl (C=O) groups excluding carboxylic acids is 1. The summed E-state index contributed by atoms with van der Waals surface area (Å²) < 4.78 is 13.1. The Morgan fingerprint density at radius 2 is 1.74 bits per heavy atom. The van der Waals surface area contributed by atoms with Gasteiger partial charge in [0.05, 0.1) is 29.8 Å². The van der Waals surface area contributed by atoms with Crippen molar-refractivity contribution in [2.45, 2.75) is 43.0 Å². The minimum Gasteiger partial charge on any atom is -0.347 e. The summed E-state index contributed by atoms with van der Waals surface area (Å²) in [4.78, 5) is 32.6. The molecule has 184 valence electrons. The molecule has 7 nitrogen and oxygen atoms in total. The molecule has 1 spiro atoms. The van der Waals surface area contributed by atoms with E-state index in [1.54, 1.807) is 22.8 Å². The molecule has 0 aliphatic carbocycles. The second-order valence-corrected chi connectivity index (χ2v) is 10.3. The summed E-state index contributed by atoms with van der Waals surface area (Å²) in [6.45, 7) is 2.65. The monoisotopic (exact) mass is 513 g/mol. The van der Waals surface area contributed by atoms with E-state index in [0.717, 1.165) is 37.1 Å². The first kappa shape index (κ1) is 24.3. The molecule has 0 N–H and O–H groups in total. The summed E-state index contributed by atoms with van der Waals surface area (Å²) in [5, 5.41) is 1.83. The van der Waals surface area contributed by atoms with Crippen LogP contribution < -0.4 is 5.56 Å². The molecule has 0 unspecified atom stereocenters. The largest absolute Gasteiger partial charge is 0.347 e. The first-order valence-corrected chi connectivity index (χ1v) is 13.4. The number of carbonyl (C=O) groups is 1. The van der Waals surface area contributed by atoms with E-state index in [-0.39, 0.29) is 11.5 Å². The molecule has 3 aromatic rings. The molecule has 1 aromatic heterocycles. The number of piperidine rings is 1. The van der Waals surface area contributed by atoms with Gasteiger partial charge in [-0.3, -0.25) is 14.2 Å². The Morgan fingerprint density at radius 3 is 2.49 bits per heavy atom. The smallest absolute Gasteiger partial charge is 0.266 e. The number of aromatic nitrogens is 2. The van der Waals surface area contributed by atoms with E-state index in [4.69, 9.17) is 26.1 Å². The third kappa shape index (κ3) is 5.40. The van der Waals surface area contributed by atoms with E-state index >= 15 is 0 Å². The van der Waals surface area contributed by atoms with Gasteiger partial charge in [-0.2, -0.15) is 0 Å². The fourth-order valence-corrected chi connectivity index (χ4v) is 5.75. The lowest BCUT2D eigenvalue weighted by molar-refractivity contribution is -0.187. The molecule has 2 fully saturated rings. The first-order chi connectivity index (χ1) is 17.0. The van der Waals surface area contributed by atoms with Gasteiger partial charge in [0.1, 0.15) is 0 Å².